The predicted molar refractivity (Wildman–Crippen MR) is 69.8 cm³/mol. The molecule has 2 aromatic rings. The average Bonchev–Trinajstić information content (AvgIpc) is 2.99. The van der Waals surface area contributed by atoms with Crippen molar-refractivity contribution in [2.45, 2.75) is 24.5 Å². The Labute approximate surface area is 104 Å². The number of nitrogens with zero attached hydrogens (tertiary/aromatic N) is 2. The molecule has 1 aliphatic heterocycles. The number of thioether (sulfide) groups is 1. The summed E-state index contributed by atoms with van der Waals surface area (Å²) in [5, 5.41) is 0.695. The number of aromatic nitrogens is 2. The molecule has 1 aliphatic rings. The first-order valence-electron chi connectivity index (χ1n) is 5.89. The van der Waals surface area contributed by atoms with Crippen molar-refractivity contribution >= 4 is 23.6 Å². The third-order valence-electron chi connectivity index (χ3n) is 3.20. The Kier molecular flexibility index (Phi) is 2.89. The van der Waals surface area contributed by atoms with E-state index in [9.17, 15) is 4.79 Å². The van der Waals surface area contributed by atoms with E-state index in [0.717, 1.165) is 24.0 Å². The van der Waals surface area contributed by atoms with Gasteiger partial charge in [-0.15, -0.1) is 0 Å². The Morgan fingerprint density at radius 3 is 3.24 bits per heavy atom. The first kappa shape index (κ1) is 10.8. The number of carbonyl (C=O) groups excluding carboxylic acids is 1. The molecule has 0 spiro atoms. The van der Waals surface area contributed by atoms with Gasteiger partial charge < -0.3 is 4.40 Å². The topological polar surface area (TPSA) is 34.4 Å². The molecule has 1 atom stereocenters. The van der Waals surface area contributed by atoms with Crippen LogP contribution >= 0.6 is 11.8 Å². The van der Waals surface area contributed by atoms with Crippen molar-refractivity contribution in [2.75, 3.05) is 5.75 Å². The standard InChI is InChI=1S/C13H14N2OS/c16-9-10-3-4-11-7-14-13(15(11)8-10)6-12-2-1-5-17-12/h3-4,7-9,12H,1-2,5-6H2. The summed E-state index contributed by atoms with van der Waals surface area (Å²) in [6.45, 7) is 0. The Balaban J connectivity index is 1.94. The Hall–Kier alpha value is -1.29. The number of fused-ring (bicyclic) bond motifs is 1. The van der Waals surface area contributed by atoms with Crippen molar-refractivity contribution in [3.05, 3.63) is 35.9 Å². The first-order chi connectivity index (χ1) is 8.36. The zero-order valence-corrected chi connectivity index (χ0v) is 10.3. The molecule has 0 saturated carbocycles. The van der Waals surface area contributed by atoms with Gasteiger partial charge in [-0.25, -0.2) is 4.98 Å². The highest BCUT2D eigenvalue weighted by Crippen LogP contribution is 2.28. The smallest absolute Gasteiger partial charge is 0.151 e. The van der Waals surface area contributed by atoms with Gasteiger partial charge >= 0.3 is 0 Å². The Morgan fingerprint density at radius 1 is 1.53 bits per heavy atom. The summed E-state index contributed by atoms with van der Waals surface area (Å²) in [6.07, 6.45) is 8.24. The minimum absolute atomic E-state index is 0.695. The highest BCUT2D eigenvalue weighted by Gasteiger charge is 2.18. The molecule has 0 aromatic carbocycles. The van der Waals surface area contributed by atoms with E-state index in [4.69, 9.17) is 0 Å². The van der Waals surface area contributed by atoms with Gasteiger partial charge in [-0.3, -0.25) is 4.79 Å². The molecule has 2 aromatic heterocycles. The maximum atomic E-state index is 10.8. The number of pyridine rings is 1. The maximum absolute atomic E-state index is 10.8. The molecule has 3 nitrogen and oxygen atoms in total. The number of hydrogen-bond donors (Lipinski definition) is 0. The van der Waals surface area contributed by atoms with E-state index in [1.165, 1.54) is 18.6 Å². The van der Waals surface area contributed by atoms with Crippen LogP contribution in [0.5, 0.6) is 0 Å². The van der Waals surface area contributed by atoms with Gasteiger partial charge in [-0.1, -0.05) is 0 Å². The van der Waals surface area contributed by atoms with Crippen LogP contribution < -0.4 is 0 Å². The van der Waals surface area contributed by atoms with E-state index >= 15 is 0 Å². The van der Waals surface area contributed by atoms with Crippen molar-refractivity contribution in [2.24, 2.45) is 0 Å². The molecule has 0 aliphatic carbocycles. The molecular formula is C13H14N2OS. The summed E-state index contributed by atoms with van der Waals surface area (Å²) in [5.41, 5.74) is 1.77. The lowest BCUT2D eigenvalue weighted by atomic mass is 10.2. The zero-order chi connectivity index (χ0) is 11.7. The molecule has 0 N–H and O–H groups in total. The monoisotopic (exact) mass is 246 g/mol. The summed E-state index contributed by atoms with van der Waals surface area (Å²) in [4.78, 5) is 15.3. The minimum atomic E-state index is 0.695. The van der Waals surface area contributed by atoms with Crippen LogP contribution in [0.2, 0.25) is 0 Å². The van der Waals surface area contributed by atoms with E-state index in [-0.39, 0.29) is 0 Å². The van der Waals surface area contributed by atoms with Crippen LogP contribution in [0.3, 0.4) is 0 Å². The lowest BCUT2D eigenvalue weighted by Gasteiger charge is -2.07. The fraction of sp³-hybridized carbons (Fsp3) is 0.385. The molecule has 3 heterocycles. The molecular weight excluding hydrogens is 232 g/mol. The van der Waals surface area contributed by atoms with Gasteiger partial charge in [0.2, 0.25) is 0 Å². The van der Waals surface area contributed by atoms with Crippen molar-refractivity contribution in [3.8, 4) is 0 Å². The number of aldehydes is 1. The van der Waals surface area contributed by atoms with Gasteiger partial charge in [0.25, 0.3) is 0 Å². The van der Waals surface area contributed by atoms with Gasteiger partial charge in [-0.2, -0.15) is 11.8 Å². The van der Waals surface area contributed by atoms with Gasteiger partial charge in [0, 0.05) is 23.4 Å². The number of rotatable bonds is 3. The zero-order valence-electron chi connectivity index (χ0n) is 9.50. The second-order valence-electron chi connectivity index (χ2n) is 4.39. The van der Waals surface area contributed by atoms with Crippen LogP contribution in [-0.2, 0) is 6.42 Å². The molecule has 0 bridgehead atoms. The molecule has 1 saturated heterocycles. The summed E-state index contributed by atoms with van der Waals surface area (Å²) in [5.74, 6) is 2.34. The van der Waals surface area contributed by atoms with E-state index in [2.05, 4.69) is 4.98 Å². The van der Waals surface area contributed by atoms with Crippen LogP contribution in [0, 0.1) is 0 Å². The quantitative estimate of drug-likeness (QED) is 0.781. The Morgan fingerprint density at radius 2 is 2.47 bits per heavy atom. The van der Waals surface area contributed by atoms with Crippen LogP contribution in [0.25, 0.3) is 5.52 Å². The van der Waals surface area contributed by atoms with Crippen molar-refractivity contribution < 1.29 is 4.79 Å². The third-order valence-corrected chi connectivity index (χ3v) is 4.60. The van der Waals surface area contributed by atoms with Crippen molar-refractivity contribution in [1.82, 2.24) is 9.38 Å². The number of hydrogen-bond acceptors (Lipinski definition) is 3. The van der Waals surface area contributed by atoms with Gasteiger partial charge in [0.05, 0.1) is 11.7 Å². The normalized spacial score (nSPS) is 19.9. The predicted octanol–water partition coefficient (Wildman–Crippen LogP) is 2.58. The van der Waals surface area contributed by atoms with Gasteiger partial charge in [0.15, 0.2) is 6.29 Å². The summed E-state index contributed by atoms with van der Waals surface area (Å²) >= 11 is 2.04. The molecule has 4 heteroatoms. The van der Waals surface area contributed by atoms with Crippen LogP contribution in [0.15, 0.2) is 24.5 Å². The van der Waals surface area contributed by atoms with Crippen LogP contribution in [0.4, 0.5) is 0 Å². The lowest BCUT2D eigenvalue weighted by Crippen LogP contribution is -2.06. The second kappa shape index (κ2) is 4.53. The fourth-order valence-corrected chi connectivity index (χ4v) is 3.56. The van der Waals surface area contributed by atoms with Gasteiger partial charge in [-0.05, 0) is 30.7 Å². The largest absolute Gasteiger partial charge is 0.303 e. The van der Waals surface area contributed by atoms with Crippen molar-refractivity contribution in [1.29, 1.82) is 0 Å². The molecule has 17 heavy (non-hydrogen) atoms. The molecule has 0 amide bonds. The summed E-state index contributed by atoms with van der Waals surface area (Å²) < 4.78 is 2.04. The van der Waals surface area contributed by atoms with E-state index in [1.54, 1.807) is 0 Å². The van der Waals surface area contributed by atoms with E-state index < -0.39 is 0 Å². The summed E-state index contributed by atoms with van der Waals surface area (Å²) in [7, 11) is 0. The fourth-order valence-electron chi connectivity index (χ4n) is 2.29. The second-order valence-corrected chi connectivity index (χ2v) is 5.80. The van der Waals surface area contributed by atoms with E-state index in [1.807, 2.05) is 40.7 Å². The van der Waals surface area contributed by atoms with Gasteiger partial charge in [0.1, 0.15) is 5.82 Å². The molecule has 3 rings (SSSR count). The Bertz CT molecular complexity index is 543. The lowest BCUT2D eigenvalue weighted by molar-refractivity contribution is 0.112. The molecule has 88 valence electrons. The number of carbonyl (C=O) groups is 1. The van der Waals surface area contributed by atoms with Crippen molar-refractivity contribution in [3.63, 3.8) is 0 Å². The number of imidazole rings is 1. The summed E-state index contributed by atoms with van der Waals surface area (Å²) in [6, 6.07) is 3.78. The maximum Gasteiger partial charge on any atom is 0.151 e. The highest BCUT2D eigenvalue weighted by atomic mass is 32.2. The highest BCUT2D eigenvalue weighted by molar-refractivity contribution is 8.00. The van der Waals surface area contributed by atoms with E-state index in [0.29, 0.717) is 10.8 Å². The molecule has 0 radical (unpaired) electrons. The first-order valence-corrected chi connectivity index (χ1v) is 6.94. The average molecular weight is 246 g/mol. The molecule has 1 unspecified atom stereocenters. The van der Waals surface area contributed by atoms with Crippen LogP contribution in [-0.4, -0.2) is 26.7 Å². The SMILES string of the molecule is O=Cc1ccc2cnc(CC3CCCS3)n2c1. The van der Waals surface area contributed by atoms with Crippen LogP contribution in [0.1, 0.15) is 29.0 Å². The minimum Gasteiger partial charge on any atom is -0.303 e. The molecule has 1 fully saturated rings. The third kappa shape index (κ3) is 2.09.